The Hall–Kier alpha value is -5.04. The van der Waals surface area contributed by atoms with Crippen LogP contribution in [0.1, 0.15) is 48.1 Å². The molecule has 1 fully saturated rings. The van der Waals surface area contributed by atoms with Crippen LogP contribution in [0.25, 0.3) is 6.08 Å². The van der Waals surface area contributed by atoms with Crippen LogP contribution in [0.4, 0.5) is 10.1 Å². The van der Waals surface area contributed by atoms with Gasteiger partial charge in [0.25, 0.3) is 0 Å². The number of nitrogens with zero attached hydrogens (tertiary/aromatic N) is 1. The second-order valence-electron chi connectivity index (χ2n) is 10.7. The van der Waals surface area contributed by atoms with Crippen molar-refractivity contribution in [2.24, 2.45) is 5.41 Å². The molecule has 208 valence electrons. The highest BCUT2D eigenvalue weighted by Gasteiger charge is 2.72. The molecule has 1 spiro atoms. The summed E-state index contributed by atoms with van der Waals surface area (Å²) in [5, 5.41) is 0. The van der Waals surface area contributed by atoms with Crippen LogP contribution in [0, 0.1) is 11.2 Å². The van der Waals surface area contributed by atoms with Crippen molar-refractivity contribution in [3.63, 3.8) is 0 Å². The number of carbonyl (C=O) groups excluding carboxylic acids is 3. The van der Waals surface area contributed by atoms with Crippen LogP contribution in [0.5, 0.6) is 11.5 Å². The summed E-state index contributed by atoms with van der Waals surface area (Å²) in [4.78, 5) is 46.1. The molecule has 1 saturated heterocycles. The Labute approximate surface area is 242 Å². The van der Waals surface area contributed by atoms with E-state index in [1.165, 1.54) is 26.4 Å². The van der Waals surface area contributed by atoms with E-state index in [1.807, 2.05) is 11.0 Å². The Balaban J connectivity index is 1.59. The summed E-state index contributed by atoms with van der Waals surface area (Å²) in [5.41, 5.74) is 0.993. The summed E-state index contributed by atoms with van der Waals surface area (Å²) in [6, 6.07) is 23.3. The third-order valence-electron chi connectivity index (χ3n) is 8.86. The van der Waals surface area contributed by atoms with Gasteiger partial charge >= 0.3 is 0 Å². The lowest BCUT2D eigenvalue weighted by Gasteiger charge is -2.37. The van der Waals surface area contributed by atoms with Crippen LogP contribution in [0.2, 0.25) is 0 Å². The topological polar surface area (TPSA) is 72.9 Å². The van der Waals surface area contributed by atoms with Crippen LogP contribution in [0.15, 0.2) is 97.1 Å². The zero-order chi connectivity index (χ0) is 29.2. The number of carbonyl (C=O) groups is 3. The minimum absolute atomic E-state index is 0.269. The molecule has 2 heterocycles. The molecule has 3 atom stereocenters. The van der Waals surface area contributed by atoms with Gasteiger partial charge < -0.3 is 14.4 Å². The van der Waals surface area contributed by atoms with Crippen LogP contribution in [-0.2, 0) is 0 Å². The van der Waals surface area contributed by atoms with Gasteiger partial charge in [-0.2, -0.15) is 0 Å². The van der Waals surface area contributed by atoms with Gasteiger partial charge in [-0.15, -0.1) is 0 Å². The molecule has 0 N–H and O–H groups in total. The number of hydrogen-bond acceptors (Lipinski definition) is 6. The Morgan fingerprint density at radius 2 is 1.52 bits per heavy atom. The monoisotopic (exact) mass is 559 g/mol. The van der Waals surface area contributed by atoms with Crippen molar-refractivity contribution >= 4 is 29.1 Å². The Morgan fingerprint density at radius 1 is 0.833 bits per heavy atom. The number of ketones is 3. The van der Waals surface area contributed by atoms with Crippen molar-refractivity contribution in [1.82, 2.24) is 0 Å². The van der Waals surface area contributed by atoms with E-state index in [1.54, 1.807) is 84.9 Å². The number of hydrogen-bond donors (Lipinski definition) is 0. The van der Waals surface area contributed by atoms with E-state index in [4.69, 9.17) is 9.47 Å². The molecular weight excluding hydrogens is 533 g/mol. The van der Waals surface area contributed by atoms with Crippen molar-refractivity contribution in [2.75, 3.05) is 19.1 Å². The normalized spacial score (nSPS) is 21.2. The predicted octanol–water partition coefficient (Wildman–Crippen LogP) is 6.16. The zero-order valence-electron chi connectivity index (χ0n) is 22.9. The van der Waals surface area contributed by atoms with Crippen molar-refractivity contribution in [2.45, 2.75) is 18.0 Å². The highest BCUT2D eigenvalue weighted by atomic mass is 19.1. The SMILES string of the molecule is COc1ccc(OC)c([C@@H]2[C@H](C(=O)c3ccccc3)N3c4ccc(F)cc4C=C[C@@H]3C23C(=O)c2ccccc2C3=O)c1. The van der Waals surface area contributed by atoms with Gasteiger partial charge in [-0.05, 0) is 36.4 Å². The van der Waals surface area contributed by atoms with E-state index in [9.17, 15) is 18.8 Å². The second-order valence-corrected chi connectivity index (χ2v) is 10.7. The molecular formula is C35H26FNO5. The van der Waals surface area contributed by atoms with Gasteiger partial charge in [-0.25, -0.2) is 4.39 Å². The van der Waals surface area contributed by atoms with Gasteiger partial charge in [0.15, 0.2) is 17.3 Å². The summed E-state index contributed by atoms with van der Waals surface area (Å²) in [6.45, 7) is 0. The van der Waals surface area contributed by atoms with E-state index in [-0.39, 0.29) is 17.3 Å². The van der Waals surface area contributed by atoms with Crippen LogP contribution in [-0.4, -0.2) is 43.7 Å². The third kappa shape index (κ3) is 3.40. The van der Waals surface area contributed by atoms with Gasteiger partial charge in [-0.1, -0.05) is 66.7 Å². The molecule has 0 aromatic heterocycles. The number of Topliss-reactive ketones (excluding diaryl/α,β-unsaturated/α-hetero) is 3. The maximum absolute atomic E-state index is 14.8. The lowest BCUT2D eigenvalue weighted by molar-refractivity contribution is 0.0664. The van der Waals surface area contributed by atoms with Crippen molar-refractivity contribution in [1.29, 1.82) is 0 Å². The number of ether oxygens (including phenoxy) is 2. The van der Waals surface area contributed by atoms with Crippen molar-refractivity contribution in [3.05, 3.63) is 131 Å². The van der Waals surface area contributed by atoms with Crippen LogP contribution < -0.4 is 14.4 Å². The van der Waals surface area contributed by atoms with Gasteiger partial charge in [-0.3, -0.25) is 14.4 Å². The molecule has 6 nitrogen and oxygen atoms in total. The molecule has 4 aromatic rings. The first-order chi connectivity index (χ1) is 20.4. The molecule has 1 aliphatic carbocycles. The van der Waals surface area contributed by atoms with Crippen molar-refractivity contribution < 1.29 is 28.2 Å². The molecule has 3 aliphatic rings. The summed E-state index contributed by atoms with van der Waals surface area (Å²) in [7, 11) is 3.04. The standard InChI is InChI=1S/C35H26FNO5/c1-41-23-14-16-28(42-2)26(19-23)30-31(32(38)20-8-4-3-5-9-20)37-27-15-13-22(36)18-21(27)12-17-29(37)35(30)33(39)24-10-6-7-11-25(24)34(35)40/h3-19,29-31H,1-2H3/t29-,30-,31-/m1/s1. The van der Waals surface area contributed by atoms with E-state index < -0.39 is 29.2 Å². The first-order valence-electron chi connectivity index (χ1n) is 13.7. The van der Waals surface area contributed by atoms with Gasteiger partial charge in [0.05, 0.1) is 20.3 Å². The smallest absolute Gasteiger partial charge is 0.185 e. The summed E-state index contributed by atoms with van der Waals surface area (Å²) < 4.78 is 25.8. The fraction of sp³-hybridized carbons (Fsp3) is 0.171. The molecule has 0 radical (unpaired) electrons. The highest BCUT2D eigenvalue weighted by Crippen LogP contribution is 2.62. The number of halogens is 1. The second kappa shape index (κ2) is 9.52. The minimum Gasteiger partial charge on any atom is -0.497 e. The number of fused-ring (bicyclic) bond motifs is 5. The highest BCUT2D eigenvalue weighted by molar-refractivity contribution is 6.32. The molecule has 42 heavy (non-hydrogen) atoms. The summed E-state index contributed by atoms with van der Waals surface area (Å²) >= 11 is 0. The first-order valence-corrected chi connectivity index (χ1v) is 13.7. The Bertz CT molecular complexity index is 1780. The maximum Gasteiger partial charge on any atom is 0.185 e. The number of benzene rings is 4. The van der Waals surface area contributed by atoms with Gasteiger partial charge in [0, 0.05) is 39.4 Å². The van der Waals surface area contributed by atoms with Gasteiger partial charge in [0.1, 0.15) is 28.8 Å². The van der Waals surface area contributed by atoms with Crippen molar-refractivity contribution in [3.8, 4) is 11.5 Å². The lowest BCUT2D eigenvalue weighted by Crippen LogP contribution is -2.48. The number of anilines is 1. The molecule has 7 heteroatoms. The third-order valence-corrected chi connectivity index (χ3v) is 8.86. The molecule has 0 bridgehead atoms. The number of rotatable bonds is 5. The van der Waals surface area contributed by atoms with E-state index >= 15 is 0 Å². The Morgan fingerprint density at radius 3 is 2.19 bits per heavy atom. The zero-order valence-corrected chi connectivity index (χ0v) is 22.9. The fourth-order valence-corrected chi connectivity index (χ4v) is 7.15. The van der Waals surface area contributed by atoms with E-state index in [2.05, 4.69) is 0 Å². The summed E-state index contributed by atoms with van der Waals surface area (Å²) in [5.74, 6) is -1.47. The fourth-order valence-electron chi connectivity index (χ4n) is 7.15. The largest absolute Gasteiger partial charge is 0.497 e. The maximum atomic E-state index is 14.8. The van der Waals surface area contributed by atoms with E-state index in [0.29, 0.717) is 45.0 Å². The molecule has 7 rings (SSSR count). The Kier molecular flexibility index (Phi) is 5.87. The molecule has 2 aliphatic heterocycles. The first kappa shape index (κ1) is 25.9. The predicted molar refractivity (Wildman–Crippen MR) is 156 cm³/mol. The molecule has 0 unspecified atom stereocenters. The average molecular weight is 560 g/mol. The summed E-state index contributed by atoms with van der Waals surface area (Å²) in [6.07, 6.45) is 3.50. The molecule has 0 amide bonds. The van der Waals surface area contributed by atoms with E-state index in [0.717, 1.165) is 0 Å². The number of methoxy groups -OCH3 is 2. The van der Waals surface area contributed by atoms with Crippen LogP contribution >= 0.6 is 0 Å². The van der Waals surface area contributed by atoms with Gasteiger partial charge in [0.2, 0.25) is 0 Å². The lowest BCUT2D eigenvalue weighted by atomic mass is 9.64. The quantitative estimate of drug-likeness (QED) is 0.216. The minimum atomic E-state index is -1.71. The van der Waals surface area contributed by atoms with Crippen LogP contribution in [0.3, 0.4) is 0 Å². The molecule has 0 saturated carbocycles. The average Bonchev–Trinajstić information content (AvgIpc) is 3.46. The molecule has 4 aromatic carbocycles.